The average Bonchev–Trinajstić information content (AvgIpc) is 2.41. The van der Waals surface area contributed by atoms with Crippen molar-refractivity contribution in [2.45, 2.75) is 39.0 Å². The molecule has 1 aromatic carbocycles. The van der Waals surface area contributed by atoms with E-state index in [1.807, 2.05) is 13.0 Å². The van der Waals surface area contributed by atoms with Crippen molar-refractivity contribution in [1.82, 2.24) is 0 Å². The Morgan fingerprint density at radius 3 is 2.72 bits per heavy atom. The maximum absolute atomic E-state index is 13.3. The fourth-order valence-electron chi connectivity index (χ4n) is 2.71. The second-order valence-corrected chi connectivity index (χ2v) is 5.75. The van der Waals surface area contributed by atoms with Crippen LogP contribution in [0.4, 0.5) is 4.39 Å². The lowest BCUT2D eigenvalue weighted by molar-refractivity contribution is 0.405. The van der Waals surface area contributed by atoms with Crippen molar-refractivity contribution in [2.24, 2.45) is 5.92 Å². The molecule has 0 saturated heterocycles. The molecule has 1 aromatic rings. The highest BCUT2D eigenvalue weighted by atomic mass is 79.9. The van der Waals surface area contributed by atoms with E-state index in [-0.39, 0.29) is 5.82 Å². The van der Waals surface area contributed by atoms with E-state index in [0.29, 0.717) is 5.92 Å². The largest absolute Gasteiger partial charge is 0.207 e. The number of hydrogen-bond donors (Lipinski definition) is 0. The molecule has 0 nitrogen and oxygen atoms in total. The molecule has 0 atom stereocenters. The van der Waals surface area contributed by atoms with Crippen LogP contribution < -0.4 is 0 Å². The highest BCUT2D eigenvalue weighted by molar-refractivity contribution is 9.09. The van der Waals surface area contributed by atoms with Crippen molar-refractivity contribution in [3.63, 3.8) is 0 Å². The van der Waals surface area contributed by atoms with Gasteiger partial charge in [0.1, 0.15) is 5.82 Å². The summed E-state index contributed by atoms with van der Waals surface area (Å²) in [5, 5.41) is 0.896. The Bertz CT molecular complexity index is 431. The fourth-order valence-corrected chi connectivity index (χ4v) is 3.33. The van der Waals surface area contributed by atoms with E-state index in [0.717, 1.165) is 16.5 Å². The predicted molar refractivity (Wildman–Crippen MR) is 79.5 cm³/mol. The van der Waals surface area contributed by atoms with Crippen LogP contribution in [0.2, 0.25) is 0 Å². The van der Waals surface area contributed by atoms with Crippen LogP contribution in [0.1, 0.15) is 43.2 Å². The summed E-state index contributed by atoms with van der Waals surface area (Å²) in [4.78, 5) is 0. The maximum atomic E-state index is 13.3. The molecule has 0 N–H and O–H groups in total. The fraction of sp³-hybridized carbons (Fsp3) is 0.500. The zero-order valence-corrected chi connectivity index (χ0v) is 12.5. The van der Waals surface area contributed by atoms with Crippen molar-refractivity contribution in [3.05, 3.63) is 40.7 Å². The zero-order valence-electron chi connectivity index (χ0n) is 10.9. The lowest BCUT2D eigenvalue weighted by Crippen LogP contribution is -2.10. The third kappa shape index (κ3) is 3.44. The first kappa shape index (κ1) is 13.8. The van der Waals surface area contributed by atoms with E-state index >= 15 is 0 Å². The summed E-state index contributed by atoms with van der Waals surface area (Å²) in [5.74, 6) is 0.533. The van der Waals surface area contributed by atoms with Gasteiger partial charge in [0.05, 0.1) is 0 Å². The Labute approximate surface area is 117 Å². The van der Waals surface area contributed by atoms with Crippen LogP contribution in [0.5, 0.6) is 0 Å². The number of alkyl halides is 1. The second-order valence-electron chi connectivity index (χ2n) is 5.19. The van der Waals surface area contributed by atoms with Gasteiger partial charge in [-0.25, -0.2) is 4.39 Å². The number of aryl methyl sites for hydroxylation is 1. The minimum atomic E-state index is -0.149. The Morgan fingerprint density at radius 1 is 1.33 bits per heavy atom. The quantitative estimate of drug-likeness (QED) is 0.647. The Balaban J connectivity index is 2.24. The first-order chi connectivity index (χ1) is 8.70. The van der Waals surface area contributed by atoms with Gasteiger partial charge in [0.15, 0.2) is 0 Å². The molecule has 1 aliphatic rings. The number of rotatable bonds is 3. The number of halogens is 2. The van der Waals surface area contributed by atoms with Crippen LogP contribution in [0, 0.1) is 18.7 Å². The molecule has 0 radical (unpaired) electrons. The predicted octanol–water partition coefficient (Wildman–Crippen LogP) is 5.49. The maximum Gasteiger partial charge on any atom is 0.123 e. The Hall–Kier alpha value is -0.630. The molecule has 0 aromatic heterocycles. The molecule has 1 aliphatic carbocycles. The van der Waals surface area contributed by atoms with Gasteiger partial charge in [-0.05, 0) is 48.9 Å². The van der Waals surface area contributed by atoms with Crippen LogP contribution in [0.15, 0.2) is 23.8 Å². The van der Waals surface area contributed by atoms with Crippen molar-refractivity contribution < 1.29 is 4.39 Å². The van der Waals surface area contributed by atoms with Crippen molar-refractivity contribution in [2.75, 3.05) is 5.33 Å². The average molecular weight is 311 g/mol. The highest BCUT2D eigenvalue weighted by Gasteiger charge is 2.17. The standard InChI is InChI=1S/C16H20BrF/c1-12-7-8-16(18)10-14(12)9-15(11-17)13-5-3-2-4-6-13/h7-10,13H,2-6,11H2,1H3/b15-9-. The van der Waals surface area contributed by atoms with Crippen LogP contribution in [-0.4, -0.2) is 5.33 Å². The topological polar surface area (TPSA) is 0 Å². The minimum absolute atomic E-state index is 0.149. The molecule has 0 heterocycles. The van der Waals surface area contributed by atoms with E-state index in [4.69, 9.17) is 0 Å². The second kappa shape index (κ2) is 6.51. The molecule has 0 bridgehead atoms. The van der Waals surface area contributed by atoms with Crippen molar-refractivity contribution in [3.8, 4) is 0 Å². The molecule has 0 amide bonds. The van der Waals surface area contributed by atoms with Crippen LogP contribution in [0.3, 0.4) is 0 Å². The van der Waals surface area contributed by atoms with Crippen LogP contribution >= 0.6 is 15.9 Å². The van der Waals surface area contributed by atoms with Crippen LogP contribution in [-0.2, 0) is 0 Å². The third-order valence-electron chi connectivity index (χ3n) is 3.87. The highest BCUT2D eigenvalue weighted by Crippen LogP contribution is 2.32. The first-order valence-corrected chi connectivity index (χ1v) is 7.85. The first-order valence-electron chi connectivity index (χ1n) is 6.73. The van der Waals surface area contributed by atoms with Gasteiger partial charge in [-0.3, -0.25) is 0 Å². The molecular weight excluding hydrogens is 291 g/mol. The summed E-state index contributed by atoms with van der Waals surface area (Å²) >= 11 is 3.59. The summed E-state index contributed by atoms with van der Waals surface area (Å²) < 4.78 is 13.3. The van der Waals surface area contributed by atoms with Crippen molar-refractivity contribution >= 4 is 22.0 Å². The molecule has 0 spiro atoms. The van der Waals surface area contributed by atoms with E-state index in [1.165, 1.54) is 43.7 Å². The van der Waals surface area contributed by atoms with Gasteiger partial charge in [0.25, 0.3) is 0 Å². The van der Waals surface area contributed by atoms with Gasteiger partial charge in [-0.2, -0.15) is 0 Å². The Kier molecular flexibility index (Phi) is 4.99. The van der Waals surface area contributed by atoms with E-state index in [2.05, 4.69) is 22.0 Å². The normalized spacial score (nSPS) is 18.1. The Morgan fingerprint density at radius 2 is 2.06 bits per heavy atom. The molecule has 2 rings (SSSR count). The molecule has 1 fully saturated rings. The van der Waals surface area contributed by atoms with Gasteiger partial charge >= 0.3 is 0 Å². The monoisotopic (exact) mass is 310 g/mol. The molecule has 1 saturated carbocycles. The summed E-state index contributed by atoms with van der Waals surface area (Å²) in [6.07, 6.45) is 8.78. The van der Waals surface area contributed by atoms with E-state index in [1.54, 1.807) is 6.07 Å². The zero-order chi connectivity index (χ0) is 13.0. The number of benzene rings is 1. The lowest BCUT2D eigenvalue weighted by atomic mass is 9.83. The SMILES string of the molecule is Cc1ccc(F)cc1/C=C(/CBr)C1CCCCC1. The van der Waals surface area contributed by atoms with Gasteiger partial charge in [-0.1, -0.05) is 52.9 Å². The minimum Gasteiger partial charge on any atom is -0.207 e. The number of allylic oxidation sites excluding steroid dienone is 1. The lowest BCUT2D eigenvalue weighted by Gasteiger charge is -2.23. The molecule has 18 heavy (non-hydrogen) atoms. The summed E-state index contributed by atoms with van der Waals surface area (Å²) in [7, 11) is 0. The summed E-state index contributed by atoms with van der Waals surface area (Å²) in [6, 6.07) is 5.02. The molecule has 2 heteroatoms. The summed E-state index contributed by atoms with van der Waals surface area (Å²) in [6.45, 7) is 2.04. The third-order valence-corrected chi connectivity index (χ3v) is 4.51. The molecular formula is C16H20BrF. The van der Waals surface area contributed by atoms with E-state index in [9.17, 15) is 4.39 Å². The van der Waals surface area contributed by atoms with Crippen molar-refractivity contribution in [1.29, 1.82) is 0 Å². The molecule has 0 unspecified atom stereocenters. The smallest absolute Gasteiger partial charge is 0.123 e. The molecule has 98 valence electrons. The van der Waals surface area contributed by atoms with Gasteiger partial charge in [0.2, 0.25) is 0 Å². The molecule has 0 aliphatic heterocycles. The van der Waals surface area contributed by atoms with E-state index < -0.39 is 0 Å². The number of hydrogen-bond acceptors (Lipinski definition) is 0. The van der Waals surface area contributed by atoms with Gasteiger partial charge in [-0.15, -0.1) is 0 Å². The van der Waals surface area contributed by atoms with Crippen LogP contribution in [0.25, 0.3) is 6.08 Å². The van der Waals surface area contributed by atoms with Gasteiger partial charge in [0, 0.05) is 5.33 Å². The van der Waals surface area contributed by atoms with Gasteiger partial charge < -0.3 is 0 Å². The summed E-state index contributed by atoms with van der Waals surface area (Å²) in [5.41, 5.74) is 3.59.